The van der Waals surface area contributed by atoms with E-state index in [9.17, 15) is 0 Å². The molecule has 0 aromatic heterocycles. The molecule has 3 rings (SSSR count). The maximum Gasteiger partial charge on any atom is 0.191 e. The van der Waals surface area contributed by atoms with E-state index in [1.807, 2.05) is 12.1 Å². The number of guanidine groups is 1. The molecule has 31 heavy (non-hydrogen) atoms. The third-order valence-electron chi connectivity index (χ3n) is 6.17. The van der Waals surface area contributed by atoms with Gasteiger partial charge in [-0.1, -0.05) is 26.0 Å². The summed E-state index contributed by atoms with van der Waals surface area (Å²) in [6, 6.07) is 6.58. The number of ether oxygens (including phenoxy) is 2. The standard InChI is InChI=1S/C25H42N4O2/c1-5-26-25(28-21-13-15-29(16-14-21)18-19(2)3)27-17-20-9-8-12-23(30-4)24(20)31-22-10-6-7-11-22/h8-9,12,19,21-22H,5-7,10-11,13-18H2,1-4H3,(H2,26,27,28). The minimum Gasteiger partial charge on any atom is -0.493 e. The lowest BCUT2D eigenvalue weighted by atomic mass is 10.0. The summed E-state index contributed by atoms with van der Waals surface area (Å²) in [7, 11) is 1.71. The van der Waals surface area contributed by atoms with Crippen LogP contribution in [0.5, 0.6) is 11.5 Å². The number of nitrogens with one attached hydrogen (secondary N) is 2. The summed E-state index contributed by atoms with van der Waals surface area (Å²) in [5.74, 6) is 3.28. The summed E-state index contributed by atoms with van der Waals surface area (Å²) in [5.41, 5.74) is 1.08. The normalized spacial score (nSPS) is 19.1. The Balaban J connectivity index is 1.63. The Morgan fingerprint density at radius 3 is 2.55 bits per heavy atom. The van der Waals surface area contributed by atoms with Gasteiger partial charge in [-0.3, -0.25) is 0 Å². The third kappa shape index (κ3) is 7.30. The highest BCUT2D eigenvalue weighted by atomic mass is 16.5. The van der Waals surface area contributed by atoms with E-state index in [0.29, 0.717) is 18.7 Å². The second-order valence-electron chi connectivity index (χ2n) is 9.28. The van der Waals surface area contributed by atoms with Crippen LogP contribution in [0.15, 0.2) is 23.2 Å². The van der Waals surface area contributed by atoms with Crippen molar-refractivity contribution < 1.29 is 9.47 Å². The second kappa shape index (κ2) is 12.2. The SMILES string of the molecule is CCNC(=NCc1cccc(OC)c1OC1CCCC1)NC1CCN(CC(C)C)CC1. The van der Waals surface area contributed by atoms with Crippen LogP contribution < -0.4 is 20.1 Å². The number of piperidine rings is 1. The van der Waals surface area contributed by atoms with E-state index < -0.39 is 0 Å². The van der Waals surface area contributed by atoms with Gasteiger partial charge in [0.2, 0.25) is 0 Å². The quantitative estimate of drug-likeness (QED) is 0.454. The van der Waals surface area contributed by atoms with Crippen molar-refractivity contribution in [2.75, 3.05) is 33.3 Å². The fourth-order valence-electron chi connectivity index (χ4n) is 4.61. The topological polar surface area (TPSA) is 58.1 Å². The molecule has 2 fully saturated rings. The Morgan fingerprint density at radius 2 is 1.90 bits per heavy atom. The third-order valence-corrected chi connectivity index (χ3v) is 6.17. The minimum atomic E-state index is 0.293. The van der Waals surface area contributed by atoms with Crippen LogP contribution >= 0.6 is 0 Å². The first kappa shape index (κ1) is 23.7. The van der Waals surface area contributed by atoms with Crippen LogP contribution in [0.3, 0.4) is 0 Å². The molecule has 0 unspecified atom stereocenters. The summed E-state index contributed by atoms with van der Waals surface area (Å²) in [6.07, 6.45) is 7.36. The van der Waals surface area contributed by atoms with Crippen molar-refractivity contribution in [2.24, 2.45) is 10.9 Å². The molecule has 1 aromatic carbocycles. The molecule has 1 aromatic rings. The van der Waals surface area contributed by atoms with Crippen LogP contribution in [0, 0.1) is 5.92 Å². The number of nitrogens with zero attached hydrogens (tertiary/aromatic N) is 2. The number of aliphatic imine (C=N–C) groups is 1. The number of likely N-dealkylation sites (tertiary alicyclic amines) is 1. The molecule has 0 amide bonds. The van der Waals surface area contributed by atoms with Crippen molar-refractivity contribution in [2.45, 2.75) is 78.0 Å². The van der Waals surface area contributed by atoms with Crippen molar-refractivity contribution >= 4 is 5.96 Å². The number of benzene rings is 1. The van der Waals surface area contributed by atoms with Gasteiger partial charge in [-0.15, -0.1) is 0 Å². The molecular formula is C25H42N4O2. The van der Waals surface area contributed by atoms with Crippen LogP contribution in [0.25, 0.3) is 0 Å². The van der Waals surface area contributed by atoms with Gasteiger partial charge >= 0.3 is 0 Å². The fourth-order valence-corrected chi connectivity index (χ4v) is 4.61. The molecule has 1 saturated carbocycles. The lowest BCUT2D eigenvalue weighted by Gasteiger charge is -2.34. The van der Waals surface area contributed by atoms with Crippen molar-refractivity contribution in [3.63, 3.8) is 0 Å². The van der Waals surface area contributed by atoms with Crippen LogP contribution in [0.1, 0.15) is 64.9 Å². The molecule has 2 N–H and O–H groups in total. The summed E-state index contributed by atoms with van der Waals surface area (Å²) < 4.78 is 12.0. The highest BCUT2D eigenvalue weighted by molar-refractivity contribution is 5.80. The van der Waals surface area contributed by atoms with Gasteiger partial charge in [0.25, 0.3) is 0 Å². The molecule has 0 bridgehead atoms. The molecule has 1 saturated heterocycles. The largest absolute Gasteiger partial charge is 0.493 e. The molecule has 1 aliphatic heterocycles. The predicted molar refractivity (Wildman–Crippen MR) is 128 cm³/mol. The van der Waals surface area contributed by atoms with Crippen molar-refractivity contribution in [3.05, 3.63) is 23.8 Å². The van der Waals surface area contributed by atoms with Crippen molar-refractivity contribution in [1.29, 1.82) is 0 Å². The van der Waals surface area contributed by atoms with E-state index in [1.165, 1.54) is 19.4 Å². The first-order valence-corrected chi connectivity index (χ1v) is 12.2. The van der Waals surface area contributed by atoms with E-state index in [4.69, 9.17) is 14.5 Å². The zero-order valence-electron chi connectivity index (χ0n) is 20.0. The minimum absolute atomic E-state index is 0.293. The fraction of sp³-hybridized carbons (Fsp3) is 0.720. The number of methoxy groups -OCH3 is 1. The van der Waals surface area contributed by atoms with Crippen LogP contribution in [-0.4, -0.2) is 56.3 Å². The molecule has 174 valence electrons. The first-order chi connectivity index (χ1) is 15.1. The molecule has 6 nitrogen and oxygen atoms in total. The zero-order chi connectivity index (χ0) is 22.1. The number of para-hydroxylation sites is 1. The van der Waals surface area contributed by atoms with Gasteiger partial charge in [0.05, 0.1) is 19.8 Å². The average Bonchev–Trinajstić information content (AvgIpc) is 3.27. The van der Waals surface area contributed by atoms with E-state index >= 15 is 0 Å². The summed E-state index contributed by atoms with van der Waals surface area (Å²) in [5, 5.41) is 7.08. The molecule has 1 aliphatic carbocycles. The van der Waals surface area contributed by atoms with E-state index in [-0.39, 0.29) is 0 Å². The Morgan fingerprint density at radius 1 is 1.16 bits per heavy atom. The number of hydrogen-bond acceptors (Lipinski definition) is 4. The summed E-state index contributed by atoms with van der Waals surface area (Å²) in [4.78, 5) is 7.48. The Bertz CT molecular complexity index is 693. The van der Waals surface area contributed by atoms with E-state index in [0.717, 1.165) is 74.3 Å². The van der Waals surface area contributed by atoms with Crippen LogP contribution in [0.4, 0.5) is 0 Å². The number of hydrogen-bond donors (Lipinski definition) is 2. The van der Waals surface area contributed by atoms with Crippen molar-refractivity contribution in [1.82, 2.24) is 15.5 Å². The lowest BCUT2D eigenvalue weighted by Crippen LogP contribution is -2.49. The smallest absolute Gasteiger partial charge is 0.191 e. The van der Waals surface area contributed by atoms with Gasteiger partial charge in [-0.05, 0) is 57.4 Å². The predicted octanol–water partition coefficient (Wildman–Crippen LogP) is 4.19. The summed E-state index contributed by atoms with van der Waals surface area (Å²) in [6.45, 7) is 11.6. The Labute approximate surface area is 188 Å². The van der Waals surface area contributed by atoms with E-state index in [1.54, 1.807) is 7.11 Å². The highest BCUT2D eigenvalue weighted by Gasteiger charge is 2.22. The molecule has 6 heteroatoms. The van der Waals surface area contributed by atoms with Gasteiger partial charge in [-0.25, -0.2) is 4.99 Å². The number of rotatable bonds is 9. The summed E-state index contributed by atoms with van der Waals surface area (Å²) >= 11 is 0. The molecule has 2 aliphatic rings. The second-order valence-corrected chi connectivity index (χ2v) is 9.28. The van der Waals surface area contributed by atoms with Gasteiger partial charge in [0.1, 0.15) is 0 Å². The molecule has 1 heterocycles. The Hall–Kier alpha value is -1.95. The highest BCUT2D eigenvalue weighted by Crippen LogP contribution is 2.35. The maximum atomic E-state index is 6.37. The average molecular weight is 431 g/mol. The van der Waals surface area contributed by atoms with Gasteiger partial charge in [-0.2, -0.15) is 0 Å². The monoisotopic (exact) mass is 430 g/mol. The molecule has 0 atom stereocenters. The van der Waals surface area contributed by atoms with Gasteiger partial charge in [0.15, 0.2) is 17.5 Å². The van der Waals surface area contributed by atoms with E-state index in [2.05, 4.69) is 42.4 Å². The van der Waals surface area contributed by atoms with Crippen LogP contribution in [0.2, 0.25) is 0 Å². The lowest BCUT2D eigenvalue weighted by molar-refractivity contribution is 0.187. The molecule has 0 spiro atoms. The zero-order valence-corrected chi connectivity index (χ0v) is 20.0. The molecular weight excluding hydrogens is 388 g/mol. The first-order valence-electron chi connectivity index (χ1n) is 12.2. The Kier molecular flexibility index (Phi) is 9.31. The van der Waals surface area contributed by atoms with Crippen LogP contribution in [-0.2, 0) is 6.54 Å². The molecule has 0 radical (unpaired) electrons. The van der Waals surface area contributed by atoms with Gasteiger partial charge in [0, 0.05) is 37.8 Å². The van der Waals surface area contributed by atoms with Gasteiger partial charge < -0.3 is 25.0 Å². The van der Waals surface area contributed by atoms with Crippen molar-refractivity contribution in [3.8, 4) is 11.5 Å². The maximum absolute atomic E-state index is 6.37.